The van der Waals surface area contributed by atoms with E-state index >= 15 is 0 Å². The molecule has 30 heavy (non-hydrogen) atoms. The Balaban J connectivity index is 1.47. The van der Waals surface area contributed by atoms with E-state index in [1.54, 1.807) is 6.07 Å². The molecule has 3 heterocycles. The van der Waals surface area contributed by atoms with Crippen LogP contribution in [0.4, 0.5) is 21.6 Å². The molecule has 3 aromatic heterocycles. The topological polar surface area (TPSA) is 72.1 Å². The molecule has 5 aromatic rings. The molecule has 0 fully saturated rings. The summed E-state index contributed by atoms with van der Waals surface area (Å²) < 4.78 is 17.2. The van der Waals surface area contributed by atoms with Crippen molar-refractivity contribution in [3.8, 4) is 0 Å². The highest BCUT2D eigenvalue weighted by Crippen LogP contribution is 2.29. The molecule has 5 rings (SSSR count). The van der Waals surface area contributed by atoms with Gasteiger partial charge in [0, 0.05) is 23.7 Å². The first kappa shape index (κ1) is 18.1. The molecule has 0 spiro atoms. The summed E-state index contributed by atoms with van der Waals surface area (Å²) in [6, 6.07) is 12.6. The number of nitrogens with one attached hydrogen (secondary N) is 2. The zero-order valence-electron chi connectivity index (χ0n) is 16.6. The van der Waals surface area contributed by atoms with Crippen molar-refractivity contribution in [3.05, 3.63) is 78.1 Å². The minimum Gasteiger partial charge on any atom is -0.387 e. The molecular weight excluding hydrogens is 381 g/mol. The molecular formula is C22H20FN7. The lowest BCUT2D eigenvalue weighted by Gasteiger charge is -2.09. The van der Waals surface area contributed by atoms with E-state index in [-0.39, 0.29) is 5.82 Å². The summed E-state index contributed by atoms with van der Waals surface area (Å²) in [6.07, 6.45) is 5.29. The monoisotopic (exact) mass is 401 g/mol. The summed E-state index contributed by atoms with van der Waals surface area (Å²) in [5, 5.41) is 16.3. The second-order valence-electron chi connectivity index (χ2n) is 7.15. The zero-order valence-corrected chi connectivity index (χ0v) is 16.6. The van der Waals surface area contributed by atoms with E-state index in [1.807, 2.05) is 59.8 Å². The Morgan fingerprint density at radius 3 is 2.83 bits per heavy atom. The number of anilines is 3. The third kappa shape index (κ3) is 3.12. The molecule has 0 aliphatic rings. The van der Waals surface area contributed by atoms with Gasteiger partial charge in [0.25, 0.3) is 0 Å². The Morgan fingerprint density at radius 2 is 2.00 bits per heavy atom. The van der Waals surface area contributed by atoms with Crippen molar-refractivity contribution in [1.29, 1.82) is 0 Å². The van der Waals surface area contributed by atoms with Crippen LogP contribution in [0.15, 0.2) is 61.2 Å². The summed E-state index contributed by atoms with van der Waals surface area (Å²) in [7, 11) is 1.89. The van der Waals surface area contributed by atoms with E-state index in [9.17, 15) is 4.39 Å². The number of benzene rings is 2. The van der Waals surface area contributed by atoms with Gasteiger partial charge in [0.15, 0.2) is 5.82 Å². The highest BCUT2D eigenvalue weighted by atomic mass is 19.1. The van der Waals surface area contributed by atoms with Gasteiger partial charge in [0.2, 0.25) is 0 Å². The molecule has 0 aliphatic carbocycles. The van der Waals surface area contributed by atoms with Gasteiger partial charge in [0.1, 0.15) is 17.7 Å². The Morgan fingerprint density at radius 1 is 1.10 bits per heavy atom. The lowest BCUT2D eigenvalue weighted by atomic mass is 10.2. The van der Waals surface area contributed by atoms with Crippen LogP contribution >= 0.6 is 0 Å². The van der Waals surface area contributed by atoms with Crippen molar-refractivity contribution in [2.45, 2.75) is 13.5 Å². The van der Waals surface area contributed by atoms with Crippen LogP contribution in [-0.2, 0) is 6.54 Å². The van der Waals surface area contributed by atoms with E-state index in [0.29, 0.717) is 6.54 Å². The average molecular weight is 401 g/mol. The average Bonchev–Trinajstić information content (AvgIpc) is 3.29. The summed E-state index contributed by atoms with van der Waals surface area (Å²) in [5.41, 5.74) is 5.75. The van der Waals surface area contributed by atoms with Crippen molar-refractivity contribution >= 4 is 33.6 Å². The number of nitrogens with zero attached hydrogens (tertiary/aromatic N) is 5. The number of hydrogen-bond donors (Lipinski definition) is 2. The van der Waals surface area contributed by atoms with E-state index in [4.69, 9.17) is 0 Å². The van der Waals surface area contributed by atoms with Gasteiger partial charge in [-0.3, -0.25) is 4.68 Å². The van der Waals surface area contributed by atoms with Crippen LogP contribution in [0.25, 0.3) is 16.4 Å². The van der Waals surface area contributed by atoms with E-state index in [1.165, 1.54) is 18.5 Å². The summed E-state index contributed by atoms with van der Waals surface area (Å²) >= 11 is 0. The minimum absolute atomic E-state index is 0.242. The van der Waals surface area contributed by atoms with Gasteiger partial charge in [-0.1, -0.05) is 12.1 Å². The minimum atomic E-state index is -0.242. The first-order chi connectivity index (χ1) is 14.6. The molecule has 0 saturated carbocycles. The molecule has 0 atom stereocenters. The Bertz CT molecular complexity index is 1370. The molecule has 2 aromatic carbocycles. The maximum atomic E-state index is 13.5. The van der Waals surface area contributed by atoms with Crippen molar-refractivity contribution in [2.24, 2.45) is 0 Å². The second-order valence-corrected chi connectivity index (χ2v) is 7.15. The van der Waals surface area contributed by atoms with Crippen LogP contribution in [0.3, 0.4) is 0 Å². The number of hydrogen-bond acceptors (Lipinski definition) is 5. The molecule has 8 heteroatoms. The lowest BCUT2D eigenvalue weighted by molar-refractivity contribution is 0.621. The second kappa shape index (κ2) is 7.14. The van der Waals surface area contributed by atoms with Crippen molar-refractivity contribution in [2.75, 3.05) is 17.7 Å². The van der Waals surface area contributed by atoms with Crippen LogP contribution in [0.5, 0.6) is 0 Å². The highest BCUT2D eigenvalue weighted by Gasteiger charge is 2.13. The predicted molar refractivity (Wildman–Crippen MR) is 116 cm³/mol. The van der Waals surface area contributed by atoms with Gasteiger partial charge in [-0.2, -0.15) is 10.2 Å². The Hall–Kier alpha value is -3.94. The van der Waals surface area contributed by atoms with E-state index in [0.717, 1.165) is 44.7 Å². The number of fused-ring (bicyclic) bond motifs is 2. The van der Waals surface area contributed by atoms with Crippen molar-refractivity contribution in [1.82, 2.24) is 24.4 Å². The van der Waals surface area contributed by atoms with Gasteiger partial charge in [-0.25, -0.2) is 13.9 Å². The smallest absolute Gasteiger partial charge is 0.158 e. The molecule has 0 amide bonds. The zero-order chi connectivity index (χ0) is 20.7. The Labute approximate surface area is 172 Å². The van der Waals surface area contributed by atoms with Crippen LogP contribution in [0.1, 0.15) is 11.1 Å². The van der Waals surface area contributed by atoms with Crippen molar-refractivity contribution < 1.29 is 4.39 Å². The van der Waals surface area contributed by atoms with Crippen LogP contribution in [0, 0.1) is 12.7 Å². The molecule has 0 saturated heterocycles. The SMILES string of the molecule is CNc1cn2ncnc(Nc3ccc4c(cnn4Cc4cccc(F)c4)c3)c2c1C. The number of halogens is 1. The third-order valence-corrected chi connectivity index (χ3v) is 5.22. The third-order valence-electron chi connectivity index (χ3n) is 5.22. The normalized spacial score (nSPS) is 11.3. The molecule has 150 valence electrons. The van der Waals surface area contributed by atoms with Crippen molar-refractivity contribution in [3.63, 3.8) is 0 Å². The lowest BCUT2D eigenvalue weighted by Crippen LogP contribution is -2.02. The fourth-order valence-corrected chi connectivity index (χ4v) is 3.74. The number of rotatable bonds is 5. The van der Waals surface area contributed by atoms with Gasteiger partial charge in [-0.15, -0.1) is 0 Å². The largest absolute Gasteiger partial charge is 0.387 e. The van der Waals surface area contributed by atoms with Crippen LogP contribution < -0.4 is 10.6 Å². The van der Waals surface area contributed by atoms with E-state index < -0.39 is 0 Å². The summed E-state index contributed by atoms with van der Waals surface area (Å²) in [4.78, 5) is 4.43. The summed E-state index contributed by atoms with van der Waals surface area (Å²) in [6.45, 7) is 2.55. The maximum Gasteiger partial charge on any atom is 0.158 e. The molecule has 0 radical (unpaired) electrons. The standard InChI is InChI=1S/C22H20FN7/c1-14-19(24-2)12-30-21(14)22(25-13-27-30)28-18-6-7-20-16(9-18)10-26-29(20)11-15-4-3-5-17(23)8-15/h3-10,12-13,24H,11H2,1-2H3,(H,25,27,28). The van der Waals surface area contributed by atoms with Crippen LogP contribution in [-0.4, -0.2) is 31.4 Å². The molecule has 2 N–H and O–H groups in total. The fourth-order valence-electron chi connectivity index (χ4n) is 3.74. The number of aryl methyl sites for hydroxylation is 1. The quantitative estimate of drug-likeness (QED) is 0.458. The first-order valence-corrected chi connectivity index (χ1v) is 9.60. The molecule has 0 bridgehead atoms. The van der Waals surface area contributed by atoms with Gasteiger partial charge in [-0.05, 0) is 42.8 Å². The van der Waals surface area contributed by atoms with Crippen LogP contribution in [0.2, 0.25) is 0 Å². The van der Waals surface area contributed by atoms with Gasteiger partial charge >= 0.3 is 0 Å². The summed E-state index contributed by atoms with van der Waals surface area (Å²) in [5.74, 6) is 0.490. The Kier molecular flexibility index (Phi) is 4.31. The van der Waals surface area contributed by atoms with E-state index in [2.05, 4.69) is 25.8 Å². The predicted octanol–water partition coefficient (Wildman–Crippen LogP) is 4.36. The fraction of sp³-hybridized carbons (Fsp3) is 0.136. The molecule has 0 unspecified atom stereocenters. The first-order valence-electron chi connectivity index (χ1n) is 9.60. The molecule has 0 aliphatic heterocycles. The number of aromatic nitrogens is 5. The molecule has 7 nitrogen and oxygen atoms in total. The van der Waals surface area contributed by atoms with Gasteiger partial charge < -0.3 is 10.6 Å². The highest BCUT2D eigenvalue weighted by molar-refractivity contribution is 5.86. The van der Waals surface area contributed by atoms with Gasteiger partial charge in [0.05, 0.1) is 30.1 Å². The maximum absolute atomic E-state index is 13.5.